The molecule has 0 aromatic rings. The quantitative estimate of drug-likeness (QED) is 0.0868. The van der Waals surface area contributed by atoms with E-state index in [1.165, 1.54) is 0 Å². The molecule has 17 nitrogen and oxygen atoms in total. The molecule has 21 atom stereocenters. The fraction of sp³-hybridized carbons (Fsp3) is 0.947. The second-order valence-corrected chi connectivity index (χ2v) is 19.4. The molecule has 0 radical (unpaired) electrons. The van der Waals surface area contributed by atoms with E-state index in [1.807, 2.05) is 13.8 Å². The molecule has 4 unspecified atom stereocenters. The first-order valence-corrected chi connectivity index (χ1v) is 21.4. The summed E-state index contributed by atoms with van der Waals surface area (Å²) in [5, 5.41) is 98.0. The normalized spacial score (nSPS) is 50.7. The molecule has 324 valence electrons. The zero-order chi connectivity index (χ0) is 41.3. The van der Waals surface area contributed by atoms with Gasteiger partial charge in [0.2, 0.25) is 0 Å². The molecule has 0 bridgehead atoms. The highest BCUT2D eigenvalue weighted by atomic mass is 32.3. The lowest BCUT2D eigenvalue weighted by molar-refractivity contribution is -0.341. The van der Waals surface area contributed by atoms with Gasteiger partial charge in [0.25, 0.3) is 0 Å². The Labute approximate surface area is 328 Å². The van der Waals surface area contributed by atoms with Crippen LogP contribution in [0.1, 0.15) is 79.1 Å². The third kappa shape index (κ3) is 8.13. The molecule has 2 aliphatic heterocycles. The first-order chi connectivity index (χ1) is 26.0. The van der Waals surface area contributed by atoms with Gasteiger partial charge in [-0.25, -0.2) is 4.18 Å². The van der Waals surface area contributed by atoms with Gasteiger partial charge in [-0.1, -0.05) is 39.8 Å². The van der Waals surface area contributed by atoms with E-state index in [0.717, 1.165) is 12.0 Å². The Balaban J connectivity index is 1.08. The highest BCUT2D eigenvalue weighted by Crippen LogP contribution is 2.70. The smallest absolute Gasteiger partial charge is 0.393 e. The summed E-state index contributed by atoms with van der Waals surface area (Å²) in [6, 6.07) is 0. The number of hydrogen-bond donors (Lipinski definition) is 10. The van der Waals surface area contributed by atoms with Crippen LogP contribution in [0.25, 0.3) is 0 Å². The van der Waals surface area contributed by atoms with Crippen molar-refractivity contribution in [1.82, 2.24) is 0 Å². The zero-order valence-electron chi connectivity index (χ0n) is 32.6. The van der Waals surface area contributed by atoms with Gasteiger partial charge in [-0.3, -0.25) is 4.55 Å². The standard InChI is InChI=1S/C38H64O17S/c1-17(19(3)14-51-35-32(31(25(43)16-53-35)55-56(48,49)50)54-34-30(46)29(45)24(42)15-52-34)6-7-18(2)20-12-22(40)33-36(20,4)11-9-26-37(5)10-8-21(39)28(44)27(37)23(41)13-38(26,33)47/h18-35,39-47H,1,6-16H2,2-5H3,(H,48,49,50)/t18-,19?,20-,21+,22-,23+,24-,25-,26?,27?,28+,29+,30-,31+,32-,33?,34+,35-,36-,37-,38+/m1/s1. The van der Waals surface area contributed by atoms with Crippen LogP contribution in [0.3, 0.4) is 0 Å². The maximum absolute atomic E-state index is 12.6. The second kappa shape index (κ2) is 16.5. The van der Waals surface area contributed by atoms with E-state index in [1.54, 1.807) is 0 Å². The molecule has 56 heavy (non-hydrogen) atoms. The number of aliphatic hydroxyl groups excluding tert-OH is 8. The van der Waals surface area contributed by atoms with Crippen LogP contribution in [0.15, 0.2) is 12.2 Å². The van der Waals surface area contributed by atoms with Gasteiger partial charge in [-0.2, -0.15) is 8.42 Å². The first kappa shape index (κ1) is 44.6. The number of fused-ring (bicyclic) bond motifs is 5. The Bertz CT molecular complexity index is 1500. The third-order valence-corrected chi connectivity index (χ3v) is 15.5. The molecule has 0 amide bonds. The largest absolute Gasteiger partial charge is 0.397 e. The molecule has 0 aromatic carbocycles. The second-order valence-electron chi connectivity index (χ2n) is 18.4. The number of rotatable bonds is 12. The minimum absolute atomic E-state index is 0.00792. The maximum Gasteiger partial charge on any atom is 0.397 e. The van der Waals surface area contributed by atoms with Crippen LogP contribution in [0.5, 0.6) is 0 Å². The summed E-state index contributed by atoms with van der Waals surface area (Å²) < 4.78 is 60.2. The fourth-order valence-electron chi connectivity index (χ4n) is 12.1. The topological polar surface area (TPSA) is 283 Å². The summed E-state index contributed by atoms with van der Waals surface area (Å²) in [7, 11) is -5.11. The van der Waals surface area contributed by atoms with E-state index in [-0.39, 0.29) is 36.7 Å². The van der Waals surface area contributed by atoms with E-state index in [9.17, 15) is 58.9 Å². The molecule has 4 aliphatic carbocycles. The SMILES string of the molecule is C=C(CC[C@@H](C)[C@H]1C[C@@H](O)C2[C@]3(O)C[C@H](O)C4[C@@H](O)[C@@H](O)CC[C@]4(C)C3CC[C@@]21C)C(C)CO[C@@H]1OC[C@@H](O)[C@H](OS(=O)(=O)O)[C@H]1O[C@@H]1OC[C@@H](O)[C@H](O)[C@H]1O. The predicted octanol–water partition coefficient (Wildman–Crippen LogP) is -0.612. The molecular weight excluding hydrogens is 760 g/mol. The number of ether oxygens (including phenoxy) is 4. The van der Waals surface area contributed by atoms with Crippen molar-refractivity contribution in [3.05, 3.63) is 12.2 Å². The van der Waals surface area contributed by atoms with Gasteiger partial charge in [0, 0.05) is 24.2 Å². The summed E-state index contributed by atoms with van der Waals surface area (Å²) >= 11 is 0. The number of hydrogen-bond acceptors (Lipinski definition) is 16. The molecule has 6 aliphatic rings. The molecule has 0 aromatic heterocycles. The van der Waals surface area contributed by atoms with Crippen molar-refractivity contribution < 1.29 is 82.1 Å². The van der Waals surface area contributed by atoms with Crippen LogP contribution in [0.2, 0.25) is 0 Å². The molecule has 10 N–H and O–H groups in total. The van der Waals surface area contributed by atoms with Crippen molar-refractivity contribution in [3.8, 4) is 0 Å². The predicted molar refractivity (Wildman–Crippen MR) is 194 cm³/mol. The molecule has 2 heterocycles. The lowest BCUT2D eigenvalue weighted by atomic mass is 9.41. The van der Waals surface area contributed by atoms with Crippen molar-refractivity contribution in [2.75, 3.05) is 19.8 Å². The van der Waals surface area contributed by atoms with Crippen LogP contribution in [0.4, 0.5) is 0 Å². The third-order valence-electron chi connectivity index (χ3n) is 15.0. The number of aliphatic hydroxyl groups is 9. The summed E-state index contributed by atoms with van der Waals surface area (Å²) in [5.74, 6) is -1.38. The summed E-state index contributed by atoms with van der Waals surface area (Å²) in [6.45, 7) is 11.6. The minimum Gasteiger partial charge on any atom is -0.393 e. The van der Waals surface area contributed by atoms with Crippen LogP contribution < -0.4 is 0 Å². The van der Waals surface area contributed by atoms with E-state index < -0.39 is 125 Å². The molecule has 2 saturated heterocycles. The average molecular weight is 825 g/mol. The Morgan fingerprint density at radius 2 is 1.46 bits per heavy atom. The van der Waals surface area contributed by atoms with Gasteiger partial charge in [0.1, 0.15) is 36.6 Å². The van der Waals surface area contributed by atoms with Gasteiger partial charge < -0.3 is 64.9 Å². The van der Waals surface area contributed by atoms with Crippen LogP contribution in [-0.2, 0) is 33.5 Å². The first-order valence-electron chi connectivity index (χ1n) is 20.0. The Kier molecular flexibility index (Phi) is 13.2. The summed E-state index contributed by atoms with van der Waals surface area (Å²) in [4.78, 5) is 0. The van der Waals surface area contributed by atoms with Gasteiger partial charge in [-0.15, -0.1) is 0 Å². The van der Waals surface area contributed by atoms with Crippen LogP contribution in [0, 0.1) is 46.3 Å². The van der Waals surface area contributed by atoms with Gasteiger partial charge in [0.15, 0.2) is 12.6 Å². The molecule has 4 saturated carbocycles. The van der Waals surface area contributed by atoms with Gasteiger partial charge in [-0.05, 0) is 73.5 Å². The van der Waals surface area contributed by atoms with Gasteiger partial charge in [0.05, 0.1) is 49.8 Å². The molecule has 18 heteroatoms. The maximum atomic E-state index is 12.6. The lowest BCUT2D eigenvalue weighted by Gasteiger charge is -2.66. The average Bonchev–Trinajstić information content (AvgIpc) is 3.40. The van der Waals surface area contributed by atoms with E-state index in [2.05, 4.69) is 20.4 Å². The minimum atomic E-state index is -5.11. The van der Waals surface area contributed by atoms with Gasteiger partial charge >= 0.3 is 10.4 Å². The molecule has 0 spiro atoms. The molecule has 6 fully saturated rings. The lowest BCUT2D eigenvalue weighted by Crippen LogP contribution is -2.70. The van der Waals surface area contributed by atoms with Crippen LogP contribution in [-0.4, -0.2) is 158 Å². The van der Waals surface area contributed by atoms with Crippen molar-refractivity contribution in [1.29, 1.82) is 0 Å². The van der Waals surface area contributed by atoms with Crippen molar-refractivity contribution in [2.45, 2.75) is 158 Å². The molecule has 6 rings (SSSR count). The highest BCUT2D eigenvalue weighted by molar-refractivity contribution is 7.80. The fourth-order valence-corrected chi connectivity index (χ4v) is 12.6. The highest BCUT2D eigenvalue weighted by Gasteiger charge is 2.71. The Morgan fingerprint density at radius 1 is 0.821 bits per heavy atom. The van der Waals surface area contributed by atoms with E-state index in [4.69, 9.17) is 23.1 Å². The zero-order valence-corrected chi connectivity index (χ0v) is 33.4. The van der Waals surface area contributed by atoms with Crippen molar-refractivity contribution in [2.24, 2.45) is 46.3 Å². The van der Waals surface area contributed by atoms with Crippen molar-refractivity contribution in [3.63, 3.8) is 0 Å². The Morgan fingerprint density at radius 3 is 2.14 bits per heavy atom. The van der Waals surface area contributed by atoms with E-state index >= 15 is 0 Å². The van der Waals surface area contributed by atoms with E-state index in [0.29, 0.717) is 38.5 Å². The molecular formula is C38H64O17S. The Hall–Kier alpha value is -0.910. The van der Waals surface area contributed by atoms with Crippen molar-refractivity contribution >= 4 is 10.4 Å². The van der Waals surface area contributed by atoms with Crippen LogP contribution >= 0.6 is 0 Å². The summed E-state index contributed by atoms with van der Waals surface area (Å²) in [6.07, 6.45) is -12.4. The monoisotopic (exact) mass is 824 g/mol. The summed E-state index contributed by atoms with van der Waals surface area (Å²) in [5.41, 5.74) is -1.52.